The van der Waals surface area contributed by atoms with Crippen molar-refractivity contribution in [2.24, 2.45) is 4.99 Å². The maximum Gasteiger partial charge on any atom is 0.269 e. The summed E-state index contributed by atoms with van der Waals surface area (Å²) in [5.74, 6) is 1.44. The van der Waals surface area contributed by atoms with Crippen LogP contribution in [0.5, 0.6) is 5.75 Å². The molecule has 0 saturated carbocycles. The summed E-state index contributed by atoms with van der Waals surface area (Å²) in [5.41, 5.74) is 2.96. The van der Waals surface area contributed by atoms with Crippen molar-refractivity contribution in [3.05, 3.63) is 69.3 Å². The fourth-order valence-electron chi connectivity index (χ4n) is 2.64. The zero-order valence-electron chi connectivity index (χ0n) is 17.1. The van der Waals surface area contributed by atoms with Gasteiger partial charge in [0.2, 0.25) is 0 Å². The van der Waals surface area contributed by atoms with E-state index in [2.05, 4.69) is 15.6 Å². The van der Waals surface area contributed by atoms with Crippen LogP contribution < -0.4 is 15.4 Å². The molecule has 0 spiro atoms. The van der Waals surface area contributed by atoms with Crippen LogP contribution >= 0.6 is 0 Å². The highest BCUT2D eigenvalue weighted by molar-refractivity contribution is 5.79. The number of hydrogen-bond donors (Lipinski definition) is 2. The van der Waals surface area contributed by atoms with E-state index in [9.17, 15) is 10.1 Å². The number of methoxy groups -OCH3 is 1. The molecule has 0 aliphatic rings. The van der Waals surface area contributed by atoms with Gasteiger partial charge in [-0.3, -0.25) is 10.1 Å². The number of nitrogens with one attached hydrogen (secondary N) is 2. The van der Waals surface area contributed by atoms with Crippen LogP contribution in [-0.4, -0.2) is 37.8 Å². The Morgan fingerprint density at radius 3 is 2.72 bits per heavy atom. The van der Waals surface area contributed by atoms with Gasteiger partial charge in [-0.1, -0.05) is 24.3 Å². The zero-order valence-corrected chi connectivity index (χ0v) is 17.1. The third-order valence-electron chi connectivity index (χ3n) is 4.10. The van der Waals surface area contributed by atoms with Gasteiger partial charge in [0, 0.05) is 37.9 Å². The highest BCUT2D eigenvalue weighted by Crippen LogP contribution is 2.20. The summed E-state index contributed by atoms with van der Waals surface area (Å²) in [4.78, 5) is 15.1. The van der Waals surface area contributed by atoms with Crippen LogP contribution in [0.1, 0.15) is 23.6 Å². The van der Waals surface area contributed by atoms with Gasteiger partial charge in [-0.25, -0.2) is 4.99 Å². The largest absolute Gasteiger partial charge is 0.491 e. The third kappa shape index (κ3) is 7.42. The summed E-state index contributed by atoms with van der Waals surface area (Å²) in [6.07, 6.45) is 0. The Bertz CT molecular complexity index is 839. The molecular weight excluding hydrogens is 372 g/mol. The predicted octanol–water partition coefficient (Wildman–Crippen LogP) is 3.18. The first-order chi connectivity index (χ1) is 14.0. The Morgan fingerprint density at radius 2 is 2.00 bits per heavy atom. The Labute approximate surface area is 171 Å². The first-order valence-electron chi connectivity index (χ1n) is 9.50. The van der Waals surface area contributed by atoms with Gasteiger partial charge >= 0.3 is 0 Å². The fourth-order valence-corrected chi connectivity index (χ4v) is 2.64. The Balaban J connectivity index is 2.06. The minimum Gasteiger partial charge on any atom is -0.491 e. The Morgan fingerprint density at radius 1 is 1.17 bits per heavy atom. The van der Waals surface area contributed by atoms with Gasteiger partial charge < -0.3 is 20.1 Å². The normalized spacial score (nSPS) is 11.2. The molecule has 0 unspecified atom stereocenters. The van der Waals surface area contributed by atoms with Crippen molar-refractivity contribution in [2.45, 2.75) is 26.9 Å². The van der Waals surface area contributed by atoms with Gasteiger partial charge in [-0.05, 0) is 31.0 Å². The fraction of sp³-hybridized carbons (Fsp3) is 0.381. The van der Waals surface area contributed by atoms with Crippen molar-refractivity contribution < 1.29 is 14.4 Å². The van der Waals surface area contributed by atoms with Crippen molar-refractivity contribution in [3.63, 3.8) is 0 Å². The summed E-state index contributed by atoms with van der Waals surface area (Å²) >= 11 is 0. The molecule has 0 amide bonds. The van der Waals surface area contributed by atoms with E-state index in [1.54, 1.807) is 13.2 Å². The number of aryl methyl sites for hydroxylation is 1. The van der Waals surface area contributed by atoms with E-state index in [-0.39, 0.29) is 5.69 Å². The number of guanidine groups is 1. The lowest BCUT2D eigenvalue weighted by molar-refractivity contribution is -0.384. The van der Waals surface area contributed by atoms with Crippen molar-refractivity contribution in [3.8, 4) is 5.75 Å². The molecule has 0 atom stereocenters. The monoisotopic (exact) mass is 400 g/mol. The van der Waals surface area contributed by atoms with Gasteiger partial charge in [0.05, 0.1) is 18.1 Å². The van der Waals surface area contributed by atoms with Crippen LogP contribution in [0, 0.1) is 17.0 Å². The van der Waals surface area contributed by atoms with Crippen LogP contribution in [-0.2, 0) is 17.8 Å². The molecule has 2 N–H and O–H groups in total. The highest BCUT2D eigenvalue weighted by Gasteiger charge is 2.08. The Kier molecular flexibility index (Phi) is 8.91. The summed E-state index contributed by atoms with van der Waals surface area (Å²) in [5, 5.41) is 17.4. The van der Waals surface area contributed by atoms with E-state index in [4.69, 9.17) is 9.47 Å². The lowest BCUT2D eigenvalue weighted by Crippen LogP contribution is -2.36. The molecule has 0 heterocycles. The molecule has 2 aromatic rings. The molecule has 0 saturated heterocycles. The molecule has 0 fully saturated rings. The second-order valence-electron chi connectivity index (χ2n) is 6.43. The van der Waals surface area contributed by atoms with Crippen molar-refractivity contribution in [1.29, 1.82) is 0 Å². The van der Waals surface area contributed by atoms with Crippen LogP contribution in [0.3, 0.4) is 0 Å². The van der Waals surface area contributed by atoms with Gasteiger partial charge in [0.1, 0.15) is 12.4 Å². The standard InChI is InChI=1S/C21H28N4O4/c1-4-22-21(23-14-17-6-5-7-19(13-17)25(26)27)24-15-18-9-8-16(2)12-20(18)29-11-10-28-3/h5-9,12-13H,4,10-11,14-15H2,1-3H3,(H2,22,23,24). The molecule has 0 aliphatic carbocycles. The lowest BCUT2D eigenvalue weighted by atomic mass is 10.1. The molecule has 156 valence electrons. The SMILES string of the molecule is CCNC(=NCc1cccc([N+](=O)[O-])c1)NCc1ccc(C)cc1OCCOC. The maximum absolute atomic E-state index is 10.9. The lowest BCUT2D eigenvalue weighted by Gasteiger charge is -2.15. The van der Waals surface area contributed by atoms with Gasteiger partial charge in [0.25, 0.3) is 5.69 Å². The number of ether oxygens (including phenoxy) is 2. The van der Waals surface area contributed by atoms with E-state index in [0.717, 1.165) is 22.4 Å². The van der Waals surface area contributed by atoms with E-state index < -0.39 is 4.92 Å². The Hall–Kier alpha value is -3.13. The molecule has 0 aromatic heterocycles. The van der Waals surface area contributed by atoms with E-state index in [1.807, 2.05) is 38.1 Å². The average Bonchev–Trinajstić information content (AvgIpc) is 2.71. The molecule has 8 heteroatoms. The zero-order chi connectivity index (χ0) is 21.1. The number of nitrogens with zero attached hydrogens (tertiary/aromatic N) is 2. The van der Waals surface area contributed by atoms with Gasteiger partial charge in [-0.2, -0.15) is 0 Å². The van der Waals surface area contributed by atoms with Gasteiger partial charge in [0.15, 0.2) is 5.96 Å². The number of hydrogen-bond acceptors (Lipinski definition) is 5. The summed E-state index contributed by atoms with van der Waals surface area (Å²) < 4.78 is 10.9. The maximum atomic E-state index is 10.9. The number of non-ortho nitro benzene ring substituents is 1. The van der Waals surface area contributed by atoms with Crippen molar-refractivity contribution >= 4 is 11.6 Å². The average molecular weight is 400 g/mol. The van der Waals surface area contributed by atoms with Gasteiger partial charge in [-0.15, -0.1) is 0 Å². The van der Waals surface area contributed by atoms with Crippen molar-refractivity contribution in [2.75, 3.05) is 26.9 Å². The first-order valence-corrected chi connectivity index (χ1v) is 9.50. The van der Waals surface area contributed by atoms with E-state index >= 15 is 0 Å². The summed E-state index contributed by atoms with van der Waals surface area (Å²) in [6, 6.07) is 12.6. The first kappa shape index (κ1) is 22.2. The molecule has 2 rings (SSSR count). The third-order valence-corrected chi connectivity index (χ3v) is 4.10. The van der Waals surface area contributed by atoms with Crippen molar-refractivity contribution in [1.82, 2.24) is 10.6 Å². The number of aliphatic imine (C=N–C) groups is 1. The summed E-state index contributed by atoms with van der Waals surface area (Å²) in [7, 11) is 1.64. The van der Waals surface area contributed by atoms with E-state index in [0.29, 0.717) is 38.8 Å². The molecule has 0 aliphatic heterocycles. The van der Waals surface area contributed by atoms with Crippen LogP contribution in [0.4, 0.5) is 5.69 Å². The molecule has 8 nitrogen and oxygen atoms in total. The number of benzene rings is 2. The number of rotatable bonds is 10. The van der Waals surface area contributed by atoms with Crippen LogP contribution in [0.15, 0.2) is 47.5 Å². The number of nitro benzene ring substituents is 1. The molecule has 0 radical (unpaired) electrons. The highest BCUT2D eigenvalue weighted by atomic mass is 16.6. The molecule has 2 aromatic carbocycles. The second kappa shape index (κ2) is 11.7. The van der Waals surface area contributed by atoms with Crippen LogP contribution in [0.2, 0.25) is 0 Å². The predicted molar refractivity (Wildman–Crippen MR) is 113 cm³/mol. The van der Waals surface area contributed by atoms with Crippen LogP contribution in [0.25, 0.3) is 0 Å². The quantitative estimate of drug-likeness (QED) is 0.209. The number of nitro groups is 1. The molecule has 0 bridgehead atoms. The van der Waals surface area contributed by atoms with E-state index in [1.165, 1.54) is 12.1 Å². The minimum atomic E-state index is -0.404. The smallest absolute Gasteiger partial charge is 0.269 e. The molecular formula is C21H28N4O4. The molecule has 29 heavy (non-hydrogen) atoms. The second-order valence-corrected chi connectivity index (χ2v) is 6.43. The topological polar surface area (TPSA) is 98.0 Å². The minimum absolute atomic E-state index is 0.0631. The summed E-state index contributed by atoms with van der Waals surface area (Å²) in [6.45, 7) is 6.57.